The Morgan fingerprint density at radius 1 is 1.38 bits per heavy atom. The van der Waals surface area contributed by atoms with Gasteiger partial charge >= 0.3 is 0 Å². The van der Waals surface area contributed by atoms with Crippen LogP contribution >= 0.6 is 0 Å². The van der Waals surface area contributed by atoms with Crippen molar-refractivity contribution in [3.8, 4) is 6.07 Å². The maximum atomic E-state index is 12.2. The second-order valence-corrected chi connectivity index (χ2v) is 5.81. The van der Waals surface area contributed by atoms with Crippen LogP contribution in [0.1, 0.15) is 31.4 Å². The average molecular weight is 285 g/mol. The summed E-state index contributed by atoms with van der Waals surface area (Å²) in [6, 6.07) is 2.29. The van der Waals surface area contributed by atoms with Gasteiger partial charge in [0.05, 0.1) is 0 Å². The largest absolute Gasteiger partial charge is 0.352 e. The van der Waals surface area contributed by atoms with E-state index in [1.165, 1.54) is 6.20 Å². The molecule has 1 unspecified atom stereocenters. The molecule has 0 bridgehead atoms. The van der Waals surface area contributed by atoms with Crippen molar-refractivity contribution < 1.29 is 4.79 Å². The maximum Gasteiger partial charge on any atom is 0.225 e. The van der Waals surface area contributed by atoms with E-state index in [0.29, 0.717) is 11.5 Å². The molecule has 1 aromatic rings. The van der Waals surface area contributed by atoms with Crippen molar-refractivity contribution in [3.05, 3.63) is 18.1 Å². The van der Waals surface area contributed by atoms with E-state index >= 15 is 0 Å². The minimum atomic E-state index is 0.195. The molecule has 1 saturated carbocycles. The van der Waals surface area contributed by atoms with Crippen LogP contribution in [0, 0.1) is 17.2 Å². The Kier molecular flexibility index (Phi) is 3.74. The number of rotatable bonds is 3. The van der Waals surface area contributed by atoms with Gasteiger partial charge in [0, 0.05) is 44.5 Å². The van der Waals surface area contributed by atoms with Crippen molar-refractivity contribution >= 4 is 11.7 Å². The van der Waals surface area contributed by atoms with Crippen molar-refractivity contribution in [2.24, 2.45) is 5.92 Å². The van der Waals surface area contributed by atoms with Gasteiger partial charge < -0.3 is 9.80 Å². The van der Waals surface area contributed by atoms with Crippen molar-refractivity contribution in [1.82, 2.24) is 14.9 Å². The molecule has 110 valence electrons. The van der Waals surface area contributed by atoms with E-state index < -0.39 is 0 Å². The lowest BCUT2D eigenvalue weighted by Crippen LogP contribution is -2.49. The third-order valence-corrected chi connectivity index (χ3v) is 4.30. The molecule has 1 aliphatic heterocycles. The Bertz CT molecular complexity index is 578. The first-order valence-corrected chi connectivity index (χ1v) is 7.43. The summed E-state index contributed by atoms with van der Waals surface area (Å²) in [6.45, 7) is 1.58. The van der Waals surface area contributed by atoms with E-state index in [9.17, 15) is 4.79 Å². The van der Waals surface area contributed by atoms with Crippen LogP contribution < -0.4 is 4.90 Å². The van der Waals surface area contributed by atoms with E-state index in [2.05, 4.69) is 20.9 Å². The minimum absolute atomic E-state index is 0.195. The van der Waals surface area contributed by atoms with Gasteiger partial charge in [-0.3, -0.25) is 4.79 Å². The Hall–Kier alpha value is -2.16. The molecule has 2 heterocycles. The predicted molar refractivity (Wildman–Crippen MR) is 77.5 cm³/mol. The van der Waals surface area contributed by atoms with Gasteiger partial charge in [-0.15, -0.1) is 0 Å². The molecule has 0 aromatic carbocycles. The highest BCUT2D eigenvalue weighted by Crippen LogP contribution is 2.32. The molecule has 0 radical (unpaired) electrons. The third-order valence-electron chi connectivity index (χ3n) is 4.30. The molecule has 1 atom stereocenters. The molecular formula is C15H19N5O. The lowest BCUT2D eigenvalue weighted by atomic mass is 10.0. The van der Waals surface area contributed by atoms with E-state index in [1.807, 2.05) is 11.9 Å². The molecule has 6 heteroatoms. The fraction of sp³-hybridized carbons (Fsp3) is 0.600. The lowest BCUT2D eigenvalue weighted by Gasteiger charge is -2.38. The van der Waals surface area contributed by atoms with Gasteiger partial charge in [-0.25, -0.2) is 9.97 Å². The number of anilines is 1. The number of aromatic nitrogens is 2. The lowest BCUT2D eigenvalue weighted by molar-refractivity contribution is -0.133. The third kappa shape index (κ3) is 2.82. The smallest absolute Gasteiger partial charge is 0.225 e. The minimum Gasteiger partial charge on any atom is -0.352 e. The molecule has 2 fully saturated rings. The van der Waals surface area contributed by atoms with Gasteiger partial charge in [0.2, 0.25) is 5.91 Å². The Balaban J connectivity index is 1.73. The Morgan fingerprint density at radius 2 is 2.14 bits per heavy atom. The van der Waals surface area contributed by atoms with E-state index in [1.54, 1.807) is 6.20 Å². The molecule has 2 aliphatic rings. The fourth-order valence-electron chi connectivity index (χ4n) is 2.90. The number of carbonyl (C=O) groups is 1. The summed E-state index contributed by atoms with van der Waals surface area (Å²) in [4.78, 5) is 24.5. The number of hydrogen-bond acceptors (Lipinski definition) is 5. The molecule has 1 aliphatic carbocycles. The second kappa shape index (κ2) is 5.68. The average Bonchev–Trinajstić information content (AvgIpc) is 3.38. The van der Waals surface area contributed by atoms with E-state index in [4.69, 9.17) is 5.26 Å². The van der Waals surface area contributed by atoms with E-state index in [0.717, 1.165) is 38.8 Å². The zero-order valence-corrected chi connectivity index (χ0v) is 12.2. The standard InChI is InChI=1S/C15H19N5O/c1-19(15(21)11-4-5-11)12-3-2-8-20(10-12)14-13(9-16)17-6-7-18-14/h6-7,11-12H,2-5,8,10H2,1H3. The Morgan fingerprint density at radius 3 is 2.86 bits per heavy atom. The molecular weight excluding hydrogens is 266 g/mol. The molecule has 21 heavy (non-hydrogen) atoms. The normalized spacial score (nSPS) is 21.7. The van der Waals surface area contributed by atoms with Crippen LogP contribution in [0.3, 0.4) is 0 Å². The maximum absolute atomic E-state index is 12.2. The van der Waals surface area contributed by atoms with Crippen molar-refractivity contribution in [2.45, 2.75) is 31.7 Å². The predicted octanol–water partition coefficient (Wildman–Crippen LogP) is 1.19. The van der Waals surface area contributed by atoms with Crippen LogP contribution in [0.2, 0.25) is 0 Å². The SMILES string of the molecule is CN(C(=O)C1CC1)C1CCCN(c2nccnc2C#N)C1. The van der Waals surface area contributed by atoms with Gasteiger partial charge in [0.15, 0.2) is 11.5 Å². The molecule has 1 amide bonds. The van der Waals surface area contributed by atoms with Gasteiger partial charge in [-0.05, 0) is 25.7 Å². The van der Waals surface area contributed by atoms with Crippen LogP contribution in [-0.2, 0) is 4.79 Å². The summed E-state index contributed by atoms with van der Waals surface area (Å²) in [7, 11) is 1.90. The Labute approximate surface area is 124 Å². The number of likely N-dealkylation sites (N-methyl/N-ethyl adjacent to an activating group) is 1. The zero-order chi connectivity index (χ0) is 14.8. The fourth-order valence-corrected chi connectivity index (χ4v) is 2.90. The number of nitriles is 1. The van der Waals surface area contributed by atoms with Gasteiger partial charge in [-0.1, -0.05) is 0 Å². The highest BCUT2D eigenvalue weighted by atomic mass is 16.2. The van der Waals surface area contributed by atoms with Gasteiger partial charge in [-0.2, -0.15) is 5.26 Å². The van der Waals surface area contributed by atoms with Crippen LogP contribution in [0.15, 0.2) is 12.4 Å². The number of amides is 1. The van der Waals surface area contributed by atoms with Crippen LogP contribution in [0.4, 0.5) is 5.82 Å². The highest BCUT2D eigenvalue weighted by Gasteiger charge is 2.36. The zero-order valence-electron chi connectivity index (χ0n) is 12.2. The first kappa shape index (κ1) is 13.8. The quantitative estimate of drug-likeness (QED) is 0.834. The molecule has 1 aromatic heterocycles. The van der Waals surface area contributed by atoms with Crippen molar-refractivity contribution in [3.63, 3.8) is 0 Å². The summed E-state index contributed by atoms with van der Waals surface area (Å²) in [5.74, 6) is 1.15. The van der Waals surface area contributed by atoms with Crippen molar-refractivity contribution in [2.75, 3.05) is 25.0 Å². The second-order valence-electron chi connectivity index (χ2n) is 5.81. The molecule has 0 N–H and O–H groups in total. The highest BCUT2D eigenvalue weighted by molar-refractivity contribution is 5.81. The number of piperidine rings is 1. The summed E-state index contributed by atoms with van der Waals surface area (Å²) in [5.41, 5.74) is 0.356. The summed E-state index contributed by atoms with van der Waals surface area (Å²) < 4.78 is 0. The van der Waals surface area contributed by atoms with Crippen molar-refractivity contribution in [1.29, 1.82) is 5.26 Å². The van der Waals surface area contributed by atoms with Gasteiger partial charge in [0.25, 0.3) is 0 Å². The molecule has 6 nitrogen and oxygen atoms in total. The summed E-state index contributed by atoms with van der Waals surface area (Å²) in [5, 5.41) is 9.15. The van der Waals surface area contributed by atoms with Gasteiger partial charge in [0.1, 0.15) is 6.07 Å². The van der Waals surface area contributed by atoms with E-state index in [-0.39, 0.29) is 17.9 Å². The number of hydrogen-bond donors (Lipinski definition) is 0. The van der Waals surface area contributed by atoms with Crippen LogP contribution in [0.5, 0.6) is 0 Å². The topological polar surface area (TPSA) is 73.1 Å². The number of nitrogens with zero attached hydrogens (tertiary/aromatic N) is 5. The first-order valence-electron chi connectivity index (χ1n) is 7.43. The summed E-state index contributed by atoms with van der Waals surface area (Å²) in [6.07, 6.45) is 7.21. The molecule has 1 saturated heterocycles. The monoisotopic (exact) mass is 285 g/mol. The van der Waals surface area contributed by atoms with Crippen LogP contribution in [0.25, 0.3) is 0 Å². The van der Waals surface area contributed by atoms with Crippen LogP contribution in [-0.4, -0.2) is 47.0 Å². The number of carbonyl (C=O) groups excluding carboxylic acids is 1. The molecule has 0 spiro atoms. The first-order chi connectivity index (χ1) is 10.2. The molecule has 3 rings (SSSR count). The summed E-state index contributed by atoms with van der Waals surface area (Å²) >= 11 is 0.